The van der Waals surface area contributed by atoms with Gasteiger partial charge in [-0.05, 0) is 64.1 Å². The summed E-state index contributed by atoms with van der Waals surface area (Å²) >= 11 is 0. The molecule has 118 valence electrons. The van der Waals surface area contributed by atoms with Crippen LogP contribution >= 0.6 is 0 Å². The first-order valence-electron chi connectivity index (χ1n) is 7.18. The van der Waals surface area contributed by atoms with E-state index in [2.05, 4.69) is 22.0 Å². The van der Waals surface area contributed by atoms with Crippen molar-refractivity contribution in [3.05, 3.63) is 18.2 Å². The van der Waals surface area contributed by atoms with Crippen molar-refractivity contribution in [3.63, 3.8) is 0 Å². The minimum absolute atomic E-state index is 0.120. The minimum Gasteiger partial charge on any atom is -0.398 e. The quantitative estimate of drug-likeness (QED) is 0.704. The van der Waals surface area contributed by atoms with E-state index in [-0.39, 0.29) is 10.6 Å². The van der Waals surface area contributed by atoms with E-state index in [1.165, 1.54) is 26.0 Å². The number of hydrogen-bond acceptors (Lipinski definition) is 5. The Morgan fingerprint density at radius 1 is 1.33 bits per heavy atom. The highest BCUT2D eigenvalue weighted by Gasteiger charge is 2.17. The number of nitrogens with two attached hydrogens (primary N) is 1. The van der Waals surface area contributed by atoms with E-state index in [0.29, 0.717) is 5.92 Å². The predicted molar refractivity (Wildman–Crippen MR) is 85.8 cm³/mol. The van der Waals surface area contributed by atoms with Crippen LogP contribution in [0.15, 0.2) is 23.1 Å². The first-order chi connectivity index (χ1) is 9.92. The molecule has 4 N–H and O–H groups in total. The fourth-order valence-corrected chi connectivity index (χ4v) is 3.38. The lowest BCUT2D eigenvalue weighted by Gasteiger charge is -2.29. The van der Waals surface area contributed by atoms with Crippen molar-refractivity contribution in [1.29, 1.82) is 0 Å². The third-order valence-electron chi connectivity index (χ3n) is 4.00. The molecule has 0 unspecified atom stereocenters. The number of nitrogens with one attached hydrogen (secondary N) is 2. The van der Waals surface area contributed by atoms with Crippen LogP contribution < -0.4 is 15.8 Å². The number of hydrogen-bond donors (Lipinski definition) is 3. The van der Waals surface area contributed by atoms with Crippen LogP contribution in [0.25, 0.3) is 0 Å². The first kappa shape index (κ1) is 16.1. The summed E-state index contributed by atoms with van der Waals surface area (Å²) in [6.07, 6.45) is 2.37. The Morgan fingerprint density at radius 2 is 2.00 bits per heavy atom. The van der Waals surface area contributed by atoms with Crippen molar-refractivity contribution >= 4 is 21.4 Å². The van der Waals surface area contributed by atoms with E-state index >= 15 is 0 Å². The fraction of sp³-hybridized carbons (Fsp3) is 0.571. The molecular formula is C14H24N4O2S. The predicted octanol–water partition coefficient (Wildman–Crippen LogP) is 0.931. The smallest absolute Gasteiger partial charge is 0.242 e. The average Bonchev–Trinajstić information content (AvgIpc) is 2.46. The van der Waals surface area contributed by atoms with Gasteiger partial charge in [-0.25, -0.2) is 13.1 Å². The van der Waals surface area contributed by atoms with Crippen LogP contribution in [0.4, 0.5) is 11.4 Å². The van der Waals surface area contributed by atoms with E-state index < -0.39 is 10.0 Å². The number of nitrogen functional groups attached to an aromatic ring is 1. The summed E-state index contributed by atoms with van der Waals surface area (Å²) < 4.78 is 25.8. The van der Waals surface area contributed by atoms with Crippen LogP contribution in [0.5, 0.6) is 0 Å². The molecule has 0 aliphatic carbocycles. The maximum Gasteiger partial charge on any atom is 0.242 e. The molecular weight excluding hydrogens is 288 g/mol. The van der Waals surface area contributed by atoms with E-state index in [9.17, 15) is 8.42 Å². The molecule has 1 aromatic carbocycles. The third-order valence-corrected chi connectivity index (χ3v) is 5.49. The van der Waals surface area contributed by atoms with Crippen molar-refractivity contribution in [2.24, 2.45) is 5.92 Å². The van der Waals surface area contributed by atoms with E-state index in [1.807, 2.05) is 0 Å². The number of benzene rings is 1. The molecule has 0 bridgehead atoms. The number of likely N-dealkylation sites (tertiary alicyclic amines) is 1. The van der Waals surface area contributed by atoms with Crippen LogP contribution in [0.1, 0.15) is 12.8 Å². The van der Waals surface area contributed by atoms with Crippen molar-refractivity contribution in [2.75, 3.05) is 44.8 Å². The lowest BCUT2D eigenvalue weighted by atomic mass is 9.97. The van der Waals surface area contributed by atoms with Crippen LogP contribution in [0.2, 0.25) is 0 Å². The lowest BCUT2D eigenvalue weighted by molar-refractivity contribution is 0.226. The third kappa shape index (κ3) is 4.09. The Hall–Kier alpha value is -1.31. The first-order valence-corrected chi connectivity index (χ1v) is 8.66. The molecule has 0 amide bonds. The number of rotatable bonds is 5. The highest BCUT2D eigenvalue weighted by atomic mass is 32.2. The summed E-state index contributed by atoms with van der Waals surface area (Å²) in [5, 5.41) is 3.35. The van der Waals surface area contributed by atoms with Gasteiger partial charge in [0.2, 0.25) is 10.0 Å². The molecule has 1 aliphatic rings. The summed E-state index contributed by atoms with van der Waals surface area (Å²) in [6, 6.07) is 4.98. The molecule has 0 atom stereocenters. The highest BCUT2D eigenvalue weighted by Crippen LogP contribution is 2.23. The Bertz CT molecular complexity index is 581. The van der Waals surface area contributed by atoms with Crippen LogP contribution in [-0.4, -0.2) is 47.0 Å². The average molecular weight is 312 g/mol. The molecule has 7 heteroatoms. The second-order valence-electron chi connectivity index (χ2n) is 5.59. The maximum absolute atomic E-state index is 11.8. The zero-order valence-electron chi connectivity index (χ0n) is 12.6. The Labute approximate surface area is 126 Å². The van der Waals surface area contributed by atoms with Crippen molar-refractivity contribution in [3.8, 4) is 0 Å². The molecule has 1 heterocycles. The Kier molecular flexibility index (Phi) is 5.08. The van der Waals surface area contributed by atoms with Crippen LogP contribution in [0.3, 0.4) is 0 Å². The van der Waals surface area contributed by atoms with Crippen molar-refractivity contribution in [1.82, 2.24) is 9.62 Å². The van der Waals surface area contributed by atoms with Gasteiger partial charge < -0.3 is 16.0 Å². The summed E-state index contributed by atoms with van der Waals surface area (Å²) in [6.45, 7) is 3.16. The number of sulfonamides is 1. The van der Waals surface area contributed by atoms with Gasteiger partial charge in [-0.15, -0.1) is 0 Å². The zero-order chi connectivity index (χ0) is 15.5. The monoisotopic (exact) mass is 312 g/mol. The van der Waals surface area contributed by atoms with E-state index in [1.54, 1.807) is 12.1 Å². The summed E-state index contributed by atoms with van der Waals surface area (Å²) in [4.78, 5) is 2.46. The van der Waals surface area contributed by atoms with Crippen LogP contribution in [0, 0.1) is 5.92 Å². The van der Waals surface area contributed by atoms with Gasteiger partial charge in [0.25, 0.3) is 0 Å². The normalized spacial score (nSPS) is 17.8. The highest BCUT2D eigenvalue weighted by molar-refractivity contribution is 7.89. The molecule has 0 spiro atoms. The van der Waals surface area contributed by atoms with Crippen molar-refractivity contribution < 1.29 is 8.42 Å². The Balaban J connectivity index is 1.98. The zero-order valence-corrected chi connectivity index (χ0v) is 13.4. The van der Waals surface area contributed by atoms with Crippen molar-refractivity contribution in [2.45, 2.75) is 17.7 Å². The molecule has 6 nitrogen and oxygen atoms in total. The maximum atomic E-state index is 11.8. The fourth-order valence-electron chi connectivity index (χ4n) is 2.54. The van der Waals surface area contributed by atoms with E-state index in [4.69, 9.17) is 5.73 Å². The summed E-state index contributed by atoms with van der Waals surface area (Å²) in [5.74, 6) is 0.656. The molecule has 0 radical (unpaired) electrons. The molecule has 2 rings (SSSR count). The molecule has 0 saturated carbocycles. The number of nitrogens with zero attached hydrogens (tertiary/aromatic N) is 1. The van der Waals surface area contributed by atoms with Gasteiger partial charge in [-0.2, -0.15) is 0 Å². The summed E-state index contributed by atoms with van der Waals surface area (Å²) in [5.41, 5.74) is 6.97. The minimum atomic E-state index is -3.50. The van der Waals surface area contributed by atoms with Gasteiger partial charge in [0.1, 0.15) is 4.90 Å². The van der Waals surface area contributed by atoms with Gasteiger partial charge in [0.15, 0.2) is 0 Å². The summed E-state index contributed by atoms with van der Waals surface area (Å²) in [7, 11) is 0.0247. The largest absolute Gasteiger partial charge is 0.398 e. The van der Waals surface area contributed by atoms with Gasteiger partial charge in [0, 0.05) is 12.2 Å². The number of anilines is 2. The molecule has 1 fully saturated rings. The van der Waals surface area contributed by atoms with Gasteiger partial charge in [-0.3, -0.25) is 0 Å². The van der Waals surface area contributed by atoms with E-state index in [0.717, 1.165) is 25.3 Å². The topological polar surface area (TPSA) is 87.5 Å². The van der Waals surface area contributed by atoms with Gasteiger partial charge in [-0.1, -0.05) is 0 Å². The molecule has 0 aromatic heterocycles. The standard InChI is InChI=1S/C14H24N4O2S/c1-16-21(19,20)14-4-3-12(9-13(14)15)17-10-11-5-7-18(2)8-6-11/h3-4,9,11,16-17H,5-8,10,15H2,1-2H3. The molecule has 1 saturated heterocycles. The Morgan fingerprint density at radius 3 is 2.57 bits per heavy atom. The second-order valence-corrected chi connectivity index (χ2v) is 7.44. The lowest BCUT2D eigenvalue weighted by Crippen LogP contribution is -2.32. The SMILES string of the molecule is CNS(=O)(=O)c1ccc(NCC2CCN(C)CC2)cc1N. The van der Waals surface area contributed by atoms with Gasteiger partial charge >= 0.3 is 0 Å². The van der Waals surface area contributed by atoms with Gasteiger partial charge in [0.05, 0.1) is 5.69 Å². The molecule has 1 aliphatic heterocycles. The van der Waals surface area contributed by atoms with Crippen LogP contribution in [-0.2, 0) is 10.0 Å². The number of piperidine rings is 1. The molecule has 21 heavy (non-hydrogen) atoms. The molecule has 1 aromatic rings. The second kappa shape index (κ2) is 6.64.